The molecule has 1 aromatic carbocycles. The summed E-state index contributed by atoms with van der Waals surface area (Å²) < 4.78 is 7.33. The molecule has 0 fully saturated rings. The summed E-state index contributed by atoms with van der Waals surface area (Å²) in [6.07, 6.45) is 6.83. The summed E-state index contributed by atoms with van der Waals surface area (Å²) in [4.78, 5) is 4.36. The molecular weight excluding hydrogens is 250 g/mol. The van der Waals surface area contributed by atoms with E-state index in [2.05, 4.69) is 21.7 Å². The van der Waals surface area contributed by atoms with Crippen LogP contribution in [0.5, 0.6) is 5.75 Å². The highest BCUT2D eigenvalue weighted by molar-refractivity contribution is 5.28. The first-order valence-corrected chi connectivity index (χ1v) is 7.02. The molecule has 0 radical (unpaired) electrons. The number of aryl methyl sites for hydroxylation is 2. The second-order valence-corrected chi connectivity index (χ2v) is 5.15. The molecule has 0 aliphatic heterocycles. The molecule has 1 atom stereocenters. The molecule has 0 spiro atoms. The van der Waals surface area contributed by atoms with Crippen molar-refractivity contribution in [2.24, 2.45) is 18.7 Å². The Bertz CT molecular complexity index is 536. The third-order valence-corrected chi connectivity index (χ3v) is 3.69. The maximum absolute atomic E-state index is 5.91. The van der Waals surface area contributed by atoms with Crippen molar-refractivity contribution >= 4 is 0 Å². The Morgan fingerprint density at radius 3 is 2.90 bits per heavy atom. The Balaban J connectivity index is 1.93. The molecule has 20 heavy (non-hydrogen) atoms. The smallest absolute Gasteiger partial charge is 0.119 e. The van der Waals surface area contributed by atoms with Crippen LogP contribution in [0.4, 0.5) is 0 Å². The molecule has 4 nitrogen and oxygen atoms in total. The standard InChI is InChI=1S/C16H23N3O/c1-19-9-8-18-16(19)7-6-14(12-17)10-13-4-3-5-15(11-13)20-2/h3-5,8-9,11,14H,6-7,10,12,17H2,1-2H3. The number of ether oxygens (including phenoxy) is 1. The maximum Gasteiger partial charge on any atom is 0.119 e. The molecule has 2 rings (SSSR count). The quantitative estimate of drug-likeness (QED) is 0.841. The van der Waals surface area contributed by atoms with Crippen LogP contribution in [0.25, 0.3) is 0 Å². The van der Waals surface area contributed by atoms with Gasteiger partial charge in [-0.05, 0) is 43.0 Å². The van der Waals surface area contributed by atoms with Crippen molar-refractivity contribution in [2.75, 3.05) is 13.7 Å². The Labute approximate surface area is 120 Å². The summed E-state index contributed by atoms with van der Waals surface area (Å²) in [6.45, 7) is 0.696. The highest BCUT2D eigenvalue weighted by atomic mass is 16.5. The minimum Gasteiger partial charge on any atom is -0.497 e. The predicted octanol–water partition coefficient (Wildman–Crippen LogP) is 2.18. The summed E-state index contributed by atoms with van der Waals surface area (Å²) in [6, 6.07) is 8.21. The lowest BCUT2D eigenvalue weighted by atomic mass is 9.94. The molecule has 1 unspecified atom stereocenters. The average molecular weight is 273 g/mol. The zero-order valence-corrected chi connectivity index (χ0v) is 12.2. The number of hydrogen-bond donors (Lipinski definition) is 1. The van der Waals surface area contributed by atoms with E-state index in [-0.39, 0.29) is 0 Å². The second kappa shape index (κ2) is 7.10. The molecule has 1 heterocycles. The normalized spacial score (nSPS) is 12.3. The van der Waals surface area contributed by atoms with Crippen molar-refractivity contribution in [3.8, 4) is 5.75 Å². The van der Waals surface area contributed by atoms with Crippen LogP contribution in [0.1, 0.15) is 17.8 Å². The number of nitrogens with two attached hydrogens (primary N) is 1. The molecular formula is C16H23N3O. The van der Waals surface area contributed by atoms with E-state index >= 15 is 0 Å². The van der Waals surface area contributed by atoms with Crippen molar-refractivity contribution in [3.63, 3.8) is 0 Å². The number of aromatic nitrogens is 2. The van der Waals surface area contributed by atoms with Gasteiger partial charge in [0.15, 0.2) is 0 Å². The summed E-state index contributed by atoms with van der Waals surface area (Å²) in [5.74, 6) is 2.50. The van der Waals surface area contributed by atoms with E-state index in [0.717, 1.165) is 30.8 Å². The first-order chi connectivity index (χ1) is 9.72. The van der Waals surface area contributed by atoms with Gasteiger partial charge in [-0.25, -0.2) is 4.98 Å². The number of methoxy groups -OCH3 is 1. The summed E-state index contributed by atoms with van der Waals surface area (Å²) in [5.41, 5.74) is 7.19. The number of benzene rings is 1. The van der Waals surface area contributed by atoms with Gasteiger partial charge in [0.05, 0.1) is 7.11 Å². The molecule has 0 saturated carbocycles. The monoisotopic (exact) mass is 273 g/mol. The van der Waals surface area contributed by atoms with Crippen LogP contribution in [0.3, 0.4) is 0 Å². The molecule has 4 heteroatoms. The minimum atomic E-state index is 0.471. The largest absolute Gasteiger partial charge is 0.497 e. The van der Waals surface area contributed by atoms with Gasteiger partial charge in [-0.3, -0.25) is 0 Å². The molecule has 0 bridgehead atoms. The van der Waals surface area contributed by atoms with Crippen molar-refractivity contribution in [2.45, 2.75) is 19.3 Å². The van der Waals surface area contributed by atoms with Crippen molar-refractivity contribution in [1.29, 1.82) is 0 Å². The summed E-state index contributed by atoms with van der Waals surface area (Å²) >= 11 is 0. The van der Waals surface area contributed by atoms with E-state index in [4.69, 9.17) is 10.5 Å². The van der Waals surface area contributed by atoms with Gasteiger partial charge in [0.2, 0.25) is 0 Å². The van der Waals surface area contributed by atoms with Gasteiger partial charge in [0.25, 0.3) is 0 Å². The summed E-state index contributed by atoms with van der Waals surface area (Å²) in [7, 11) is 3.72. The Morgan fingerprint density at radius 1 is 1.40 bits per heavy atom. The first-order valence-electron chi connectivity index (χ1n) is 7.02. The Hall–Kier alpha value is -1.81. The molecule has 0 aliphatic rings. The lowest BCUT2D eigenvalue weighted by Crippen LogP contribution is -2.18. The van der Waals surface area contributed by atoms with Crippen LogP contribution in [0.2, 0.25) is 0 Å². The van der Waals surface area contributed by atoms with E-state index in [0.29, 0.717) is 12.5 Å². The van der Waals surface area contributed by atoms with Crippen LogP contribution in [0.15, 0.2) is 36.7 Å². The van der Waals surface area contributed by atoms with Crippen LogP contribution < -0.4 is 10.5 Å². The third kappa shape index (κ3) is 3.84. The van der Waals surface area contributed by atoms with E-state index in [1.54, 1.807) is 7.11 Å². The molecule has 2 N–H and O–H groups in total. The number of imidazole rings is 1. The number of hydrogen-bond acceptors (Lipinski definition) is 3. The zero-order chi connectivity index (χ0) is 14.4. The predicted molar refractivity (Wildman–Crippen MR) is 80.8 cm³/mol. The van der Waals surface area contributed by atoms with E-state index < -0.39 is 0 Å². The first kappa shape index (κ1) is 14.6. The van der Waals surface area contributed by atoms with E-state index in [1.807, 2.05) is 31.6 Å². The van der Waals surface area contributed by atoms with Gasteiger partial charge in [-0.1, -0.05) is 12.1 Å². The number of nitrogens with zero attached hydrogens (tertiary/aromatic N) is 2. The molecule has 1 aromatic heterocycles. The minimum absolute atomic E-state index is 0.471. The van der Waals surface area contributed by atoms with Gasteiger partial charge >= 0.3 is 0 Å². The van der Waals surface area contributed by atoms with Crippen molar-refractivity contribution in [1.82, 2.24) is 9.55 Å². The molecule has 108 valence electrons. The fourth-order valence-electron chi connectivity index (χ4n) is 2.41. The van der Waals surface area contributed by atoms with Gasteiger partial charge in [0, 0.05) is 25.9 Å². The van der Waals surface area contributed by atoms with Crippen molar-refractivity contribution < 1.29 is 4.74 Å². The Morgan fingerprint density at radius 2 is 2.25 bits per heavy atom. The highest BCUT2D eigenvalue weighted by Gasteiger charge is 2.10. The third-order valence-electron chi connectivity index (χ3n) is 3.69. The lowest BCUT2D eigenvalue weighted by molar-refractivity contribution is 0.413. The van der Waals surface area contributed by atoms with E-state index in [1.165, 1.54) is 5.56 Å². The SMILES string of the molecule is COc1cccc(CC(CN)CCc2nccn2C)c1. The molecule has 0 amide bonds. The van der Waals surface area contributed by atoms with Gasteiger partial charge in [-0.15, -0.1) is 0 Å². The fraction of sp³-hybridized carbons (Fsp3) is 0.438. The molecule has 0 saturated heterocycles. The maximum atomic E-state index is 5.91. The fourth-order valence-corrected chi connectivity index (χ4v) is 2.41. The van der Waals surface area contributed by atoms with Gasteiger partial charge in [0.1, 0.15) is 11.6 Å². The summed E-state index contributed by atoms with van der Waals surface area (Å²) in [5, 5.41) is 0. The van der Waals surface area contributed by atoms with Crippen molar-refractivity contribution in [3.05, 3.63) is 48.0 Å². The average Bonchev–Trinajstić information content (AvgIpc) is 2.89. The van der Waals surface area contributed by atoms with E-state index in [9.17, 15) is 0 Å². The van der Waals surface area contributed by atoms with Crippen LogP contribution in [0, 0.1) is 5.92 Å². The Kier molecular flexibility index (Phi) is 5.18. The topological polar surface area (TPSA) is 53.1 Å². The molecule has 0 aliphatic carbocycles. The van der Waals surface area contributed by atoms with Crippen LogP contribution in [-0.2, 0) is 19.9 Å². The number of rotatable bonds is 7. The molecule has 2 aromatic rings. The lowest BCUT2D eigenvalue weighted by Gasteiger charge is -2.15. The van der Waals surface area contributed by atoms with Crippen LogP contribution in [-0.4, -0.2) is 23.2 Å². The van der Waals surface area contributed by atoms with Gasteiger partial charge < -0.3 is 15.0 Å². The highest BCUT2D eigenvalue weighted by Crippen LogP contribution is 2.18. The second-order valence-electron chi connectivity index (χ2n) is 5.15. The zero-order valence-electron chi connectivity index (χ0n) is 12.2. The van der Waals surface area contributed by atoms with Gasteiger partial charge in [-0.2, -0.15) is 0 Å². The van der Waals surface area contributed by atoms with Crippen LogP contribution >= 0.6 is 0 Å².